The molecule has 0 aromatic carbocycles. The molecule has 0 unspecified atom stereocenters. The average molecular weight is 493 g/mol. The Kier molecular flexibility index (Phi) is 10.5. The molecule has 0 aromatic heterocycles. The monoisotopic (exact) mass is 492 g/mol. The first-order chi connectivity index (χ1) is 16.3. The Labute approximate surface area is 209 Å². The lowest BCUT2D eigenvalue weighted by atomic mass is 9.53. The van der Waals surface area contributed by atoms with Crippen LogP contribution < -0.4 is 0 Å². The molecule has 0 bridgehead atoms. The molecule has 4 N–H and O–H groups in total. The minimum Gasteiger partial charge on any atom is -0.462 e. The van der Waals surface area contributed by atoms with Crippen molar-refractivity contribution in [3.8, 4) is 0 Å². The number of rotatable bonds is 10. The number of carbonyl (C=O) groups excluding carboxylic acids is 2. The summed E-state index contributed by atoms with van der Waals surface area (Å²) < 4.78 is 6.04. The van der Waals surface area contributed by atoms with Crippen molar-refractivity contribution >= 4 is 11.8 Å². The molecule has 2 aliphatic rings. The quantitative estimate of drug-likeness (QED) is 0.210. The fourth-order valence-electron chi connectivity index (χ4n) is 5.66. The number of aliphatic hydroxyl groups excluding tert-OH is 4. The van der Waals surface area contributed by atoms with Crippen LogP contribution in [0.2, 0.25) is 0 Å². The third kappa shape index (κ3) is 6.70. The van der Waals surface area contributed by atoms with Gasteiger partial charge in [0.05, 0.1) is 24.2 Å². The van der Waals surface area contributed by atoms with Crippen molar-refractivity contribution in [1.82, 2.24) is 0 Å². The maximum absolute atomic E-state index is 13.2. The lowest BCUT2D eigenvalue weighted by Gasteiger charge is -2.52. The Hall–Kier alpha value is -1.80. The highest BCUT2D eigenvalue weighted by atomic mass is 16.5. The van der Waals surface area contributed by atoms with Gasteiger partial charge in [0.2, 0.25) is 0 Å². The second kappa shape index (κ2) is 12.4. The van der Waals surface area contributed by atoms with Gasteiger partial charge >= 0.3 is 5.97 Å². The summed E-state index contributed by atoms with van der Waals surface area (Å²) in [6.07, 6.45) is 6.93. The van der Waals surface area contributed by atoms with E-state index in [2.05, 4.69) is 19.1 Å². The van der Waals surface area contributed by atoms with E-state index in [9.17, 15) is 30.0 Å². The molecule has 1 fully saturated rings. The lowest BCUT2D eigenvalue weighted by Crippen LogP contribution is -2.55. The van der Waals surface area contributed by atoms with Crippen molar-refractivity contribution < 1.29 is 34.8 Å². The molecule has 35 heavy (non-hydrogen) atoms. The van der Waals surface area contributed by atoms with Gasteiger partial charge in [-0.25, -0.2) is 0 Å². The summed E-state index contributed by atoms with van der Waals surface area (Å²) in [6.45, 7) is 10.6. The largest absolute Gasteiger partial charge is 0.462 e. The van der Waals surface area contributed by atoms with Crippen molar-refractivity contribution in [2.45, 2.75) is 85.2 Å². The molecule has 0 aromatic rings. The molecular weight excluding hydrogens is 448 g/mol. The zero-order valence-corrected chi connectivity index (χ0v) is 21.9. The van der Waals surface area contributed by atoms with Gasteiger partial charge in [0, 0.05) is 24.4 Å². The van der Waals surface area contributed by atoms with Gasteiger partial charge in [-0.05, 0) is 56.9 Å². The predicted octanol–water partition coefficient (Wildman–Crippen LogP) is 2.97. The van der Waals surface area contributed by atoms with Crippen LogP contribution in [0.5, 0.6) is 0 Å². The van der Waals surface area contributed by atoms with Crippen LogP contribution >= 0.6 is 0 Å². The third-order valence-electron chi connectivity index (χ3n) is 8.14. The van der Waals surface area contributed by atoms with Crippen LogP contribution in [0.3, 0.4) is 0 Å². The maximum atomic E-state index is 13.2. The second-order valence-corrected chi connectivity index (χ2v) is 10.9. The Balaban J connectivity index is 2.22. The molecule has 2 aliphatic carbocycles. The van der Waals surface area contributed by atoms with Gasteiger partial charge in [-0.3, -0.25) is 9.59 Å². The topological polar surface area (TPSA) is 124 Å². The Bertz CT molecular complexity index is 829. The first-order valence-electron chi connectivity index (χ1n) is 12.8. The van der Waals surface area contributed by atoms with E-state index in [0.717, 1.165) is 6.42 Å². The number of fused-ring (bicyclic) bond motifs is 1. The molecule has 0 radical (unpaired) electrons. The van der Waals surface area contributed by atoms with Gasteiger partial charge < -0.3 is 25.2 Å². The van der Waals surface area contributed by atoms with Crippen molar-refractivity contribution in [2.75, 3.05) is 6.61 Å². The Morgan fingerprint density at radius 2 is 1.80 bits per heavy atom. The summed E-state index contributed by atoms with van der Waals surface area (Å²) in [5.74, 6) is -1.17. The van der Waals surface area contributed by atoms with Crippen molar-refractivity contribution in [3.63, 3.8) is 0 Å². The Morgan fingerprint density at radius 3 is 2.40 bits per heavy atom. The molecular formula is C28H44O7. The first-order valence-corrected chi connectivity index (χ1v) is 12.8. The highest BCUT2D eigenvalue weighted by Gasteiger charge is 2.55. The highest BCUT2D eigenvalue weighted by molar-refractivity contribution is 5.86. The summed E-state index contributed by atoms with van der Waals surface area (Å²) in [7, 11) is 0. The summed E-state index contributed by atoms with van der Waals surface area (Å²) in [5.41, 5.74) is -0.226. The lowest BCUT2D eigenvalue weighted by molar-refractivity contribution is -0.173. The summed E-state index contributed by atoms with van der Waals surface area (Å²) in [5, 5.41) is 39.2. The number of allylic oxidation sites excluding steroid dienone is 4. The van der Waals surface area contributed by atoms with E-state index in [0.29, 0.717) is 17.9 Å². The maximum Gasteiger partial charge on any atom is 0.311 e. The molecule has 10 atom stereocenters. The molecule has 7 heteroatoms. The van der Waals surface area contributed by atoms with Crippen molar-refractivity contribution in [1.29, 1.82) is 0 Å². The molecule has 1 saturated carbocycles. The van der Waals surface area contributed by atoms with Gasteiger partial charge in [-0.15, -0.1) is 0 Å². The van der Waals surface area contributed by atoms with Crippen LogP contribution in [-0.2, 0) is 14.3 Å². The smallest absolute Gasteiger partial charge is 0.311 e. The van der Waals surface area contributed by atoms with E-state index in [1.807, 2.05) is 13.8 Å². The van der Waals surface area contributed by atoms with E-state index < -0.39 is 41.7 Å². The molecule has 2 rings (SSSR count). The number of ketones is 1. The number of ether oxygens (including phenoxy) is 1. The molecule has 0 aliphatic heterocycles. The summed E-state index contributed by atoms with van der Waals surface area (Å²) >= 11 is 0. The predicted molar refractivity (Wildman–Crippen MR) is 134 cm³/mol. The number of aliphatic hydroxyl groups is 4. The molecule has 7 nitrogen and oxygen atoms in total. The normalized spacial score (nSPS) is 34.7. The number of esters is 1. The number of hydrogen-bond donors (Lipinski definition) is 4. The van der Waals surface area contributed by atoms with Crippen LogP contribution in [0.25, 0.3) is 0 Å². The minimum absolute atomic E-state index is 0.0134. The standard InChI is InChI=1S/C28H44O7/c1-16-14-21-11-10-18(3)28(6,24(32)12-13-29)25(21)23(15-16)35-27(34)19(4)26(33)17(2)8-7-9-22(31)20(5)30/h7-11,16,18-23,25-26,29-31,33H,12-15H2,1-6H3/b9-7+,17-8+/t16-,18+,19+,20-,21+,22+,23+,25-,26+,28-/m1/s1. The second-order valence-electron chi connectivity index (χ2n) is 10.9. The van der Waals surface area contributed by atoms with E-state index in [1.165, 1.54) is 19.1 Å². The molecule has 198 valence electrons. The third-order valence-corrected chi connectivity index (χ3v) is 8.14. The van der Waals surface area contributed by atoms with E-state index in [1.54, 1.807) is 19.9 Å². The first kappa shape index (κ1) is 29.4. The van der Waals surface area contributed by atoms with E-state index in [4.69, 9.17) is 4.74 Å². The van der Waals surface area contributed by atoms with Crippen LogP contribution in [0, 0.1) is 35.0 Å². The Morgan fingerprint density at radius 1 is 1.14 bits per heavy atom. The van der Waals surface area contributed by atoms with E-state index >= 15 is 0 Å². The van der Waals surface area contributed by atoms with Gasteiger partial charge in [-0.2, -0.15) is 0 Å². The number of Topliss-reactive ketones (excluding diaryl/α,β-unsaturated/α-hetero) is 1. The van der Waals surface area contributed by atoms with Crippen LogP contribution in [-0.4, -0.2) is 63.2 Å². The number of hydrogen-bond acceptors (Lipinski definition) is 7. The molecule has 0 saturated heterocycles. The van der Waals surface area contributed by atoms with Crippen LogP contribution in [0.15, 0.2) is 36.0 Å². The van der Waals surface area contributed by atoms with Crippen molar-refractivity contribution in [2.24, 2.45) is 35.0 Å². The number of carbonyl (C=O) groups is 2. The molecule has 0 amide bonds. The van der Waals surface area contributed by atoms with Gasteiger partial charge in [-0.1, -0.05) is 51.2 Å². The van der Waals surface area contributed by atoms with Gasteiger partial charge in [0.25, 0.3) is 0 Å². The summed E-state index contributed by atoms with van der Waals surface area (Å²) in [4.78, 5) is 26.4. The molecule has 0 heterocycles. The average Bonchev–Trinajstić information content (AvgIpc) is 2.79. The fourth-order valence-corrected chi connectivity index (χ4v) is 5.66. The van der Waals surface area contributed by atoms with Crippen molar-refractivity contribution in [3.05, 3.63) is 36.0 Å². The minimum atomic E-state index is -1.08. The zero-order valence-electron chi connectivity index (χ0n) is 21.9. The van der Waals surface area contributed by atoms with Gasteiger partial charge in [0.1, 0.15) is 11.9 Å². The van der Waals surface area contributed by atoms with Crippen LogP contribution in [0.4, 0.5) is 0 Å². The van der Waals surface area contributed by atoms with E-state index in [-0.39, 0.29) is 36.6 Å². The zero-order chi connectivity index (χ0) is 26.5. The summed E-state index contributed by atoms with van der Waals surface area (Å²) in [6, 6.07) is 0. The highest BCUT2D eigenvalue weighted by Crippen LogP contribution is 2.53. The molecule has 0 spiro atoms. The van der Waals surface area contributed by atoms with Crippen LogP contribution in [0.1, 0.15) is 60.8 Å². The fraction of sp³-hybridized carbons (Fsp3) is 0.714. The van der Waals surface area contributed by atoms with Gasteiger partial charge in [0.15, 0.2) is 0 Å². The SMILES string of the molecule is C/C(=C\C=C\[C@H](O)[C@@H](C)O)[C@H](O)[C@H](C)C(=O)O[C@H]1C[C@H](C)C[C@@H]2C=C[C@H](C)[C@](C)(C(=O)CCO)[C@@H]12.